The van der Waals surface area contributed by atoms with Crippen molar-refractivity contribution in [3.05, 3.63) is 106 Å². The van der Waals surface area contributed by atoms with Gasteiger partial charge in [0.2, 0.25) is 5.91 Å². The molecule has 1 aliphatic heterocycles. The minimum Gasteiger partial charge on any atom is -0.388 e. The van der Waals surface area contributed by atoms with Gasteiger partial charge < -0.3 is 25.0 Å². The number of benzene rings is 2. The topological polar surface area (TPSA) is 91.1 Å². The van der Waals surface area contributed by atoms with E-state index in [4.69, 9.17) is 5.41 Å². The van der Waals surface area contributed by atoms with Crippen molar-refractivity contribution in [2.45, 2.75) is 40.7 Å². The third-order valence-electron chi connectivity index (χ3n) is 8.13. The second-order valence-corrected chi connectivity index (χ2v) is 10.9. The van der Waals surface area contributed by atoms with Crippen LogP contribution in [0.25, 0.3) is 33.8 Å². The SMILES string of the molecule is CNc1ccc(-c2cc(-c3c/c(=C(/C)c4ccc(C)cc4)c4n3CCN(C(C)=O)C=4/C(C)=C/CC=O)ccn2)cc1C=N. The average molecular weight is 572 g/mol. The second kappa shape index (κ2) is 12.4. The van der Waals surface area contributed by atoms with Crippen molar-refractivity contribution < 1.29 is 9.59 Å². The lowest BCUT2D eigenvalue weighted by molar-refractivity contribution is -0.126. The predicted molar refractivity (Wildman–Crippen MR) is 174 cm³/mol. The summed E-state index contributed by atoms with van der Waals surface area (Å²) in [6.07, 6.45) is 6.22. The average Bonchev–Trinajstić information content (AvgIpc) is 3.42. The highest BCUT2D eigenvalue weighted by Gasteiger charge is 2.26. The zero-order valence-electron chi connectivity index (χ0n) is 25.4. The van der Waals surface area contributed by atoms with Gasteiger partial charge in [0.15, 0.2) is 0 Å². The second-order valence-electron chi connectivity index (χ2n) is 10.9. The molecule has 0 aliphatic carbocycles. The molecule has 0 fully saturated rings. The van der Waals surface area contributed by atoms with Crippen LogP contribution in [0.1, 0.15) is 43.9 Å². The Bertz CT molecular complexity index is 1880. The zero-order chi connectivity index (χ0) is 30.7. The van der Waals surface area contributed by atoms with E-state index in [1.165, 1.54) is 11.8 Å². The first-order valence-corrected chi connectivity index (χ1v) is 14.5. The van der Waals surface area contributed by atoms with Gasteiger partial charge in [-0.2, -0.15) is 0 Å². The third-order valence-corrected chi connectivity index (χ3v) is 8.13. The Labute approximate surface area is 252 Å². The summed E-state index contributed by atoms with van der Waals surface area (Å²) in [5, 5.41) is 13.0. The normalized spacial score (nSPS) is 13.8. The lowest BCUT2D eigenvalue weighted by Gasteiger charge is -2.30. The molecule has 218 valence electrons. The van der Waals surface area contributed by atoms with E-state index < -0.39 is 0 Å². The fraction of sp³-hybridized carbons (Fsp3) is 0.222. The first-order chi connectivity index (χ1) is 20.8. The highest BCUT2D eigenvalue weighted by atomic mass is 16.2. The molecule has 2 aromatic heterocycles. The first-order valence-electron chi connectivity index (χ1n) is 14.5. The van der Waals surface area contributed by atoms with Crippen molar-refractivity contribution in [1.29, 1.82) is 5.41 Å². The van der Waals surface area contributed by atoms with E-state index in [-0.39, 0.29) is 12.3 Å². The van der Waals surface area contributed by atoms with Crippen LogP contribution in [0, 0.1) is 12.3 Å². The number of nitrogens with one attached hydrogen (secondary N) is 2. The minimum atomic E-state index is -0.0278. The lowest BCUT2D eigenvalue weighted by Crippen LogP contribution is -2.47. The summed E-state index contributed by atoms with van der Waals surface area (Å²) in [6, 6.07) is 20.8. The Morgan fingerprint density at radius 1 is 1.00 bits per heavy atom. The van der Waals surface area contributed by atoms with Crippen LogP contribution in [0.4, 0.5) is 5.69 Å². The molecule has 4 aromatic rings. The molecular formula is C36H37N5O2. The number of fused-ring (bicyclic) bond motifs is 1. The van der Waals surface area contributed by atoms with E-state index in [1.54, 1.807) is 6.92 Å². The van der Waals surface area contributed by atoms with Crippen LogP contribution in [0.2, 0.25) is 0 Å². The van der Waals surface area contributed by atoms with Crippen molar-refractivity contribution in [3.8, 4) is 22.5 Å². The fourth-order valence-corrected chi connectivity index (χ4v) is 5.81. The van der Waals surface area contributed by atoms with E-state index in [9.17, 15) is 9.59 Å². The number of rotatable bonds is 8. The van der Waals surface area contributed by atoms with Gasteiger partial charge in [0.1, 0.15) is 6.29 Å². The number of pyridine rings is 1. The number of carbonyl (C=O) groups excluding carboxylic acids is 2. The van der Waals surface area contributed by atoms with E-state index >= 15 is 0 Å². The van der Waals surface area contributed by atoms with Gasteiger partial charge in [0.05, 0.1) is 16.7 Å². The Kier molecular flexibility index (Phi) is 8.53. The van der Waals surface area contributed by atoms with Crippen molar-refractivity contribution in [1.82, 2.24) is 14.5 Å². The monoisotopic (exact) mass is 571 g/mol. The Hall–Kier alpha value is -5.04. The molecule has 3 heterocycles. The standard InChI is InChI=1S/C36H37N5O2/c1-23-8-10-27(11-9-23)25(3)31-21-34(41-17-16-40(26(4)43)35(36(31)41)24(2)7-6-18-42)29-14-15-39-33(20-29)28-12-13-32(38-5)30(19-28)22-37/h7-15,18-22,37-38H,6,16-17H2,1-5H3/b24-7+,31-25+,37-22?. The highest BCUT2D eigenvalue weighted by Crippen LogP contribution is 2.28. The maximum absolute atomic E-state index is 12.9. The van der Waals surface area contributed by atoms with Gasteiger partial charge in [-0.05, 0) is 67.8 Å². The van der Waals surface area contributed by atoms with Crippen LogP contribution < -0.4 is 15.9 Å². The highest BCUT2D eigenvalue weighted by molar-refractivity contribution is 5.89. The molecule has 1 amide bonds. The van der Waals surface area contributed by atoms with Crippen LogP contribution in [0.15, 0.2) is 78.5 Å². The van der Waals surface area contributed by atoms with Gasteiger partial charge >= 0.3 is 0 Å². The molecule has 0 saturated carbocycles. The number of aromatic nitrogens is 2. The molecule has 1 aliphatic rings. The molecule has 0 atom stereocenters. The number of amides is 1. The maximum atomic E-state index is 12.9. The zero-order valence-corrected chi connectivity index (χ0v) is 25.4. The summed E-state index contributed by atoms with van der Waals surface area (Å²) >= 11 is 0. The number of hydrogen-bond donors (Lipinski definition) is 2. The van der Waals surface area contributed by atoms with Gasteiger partial charge in [0, 0.05) is 79.2 Å². The van der Waals surface area contributed by atoms with E-state index in [2.05, 4.69) is 65.1 Å². The molecule has 2 aromatic carbocycles. The smallest absolute Gasteiger partial charge is 0.223 e. The maximum Gasteiger partial charge on any atom is 0.223 e. The molecule has 7 nitrogen and oxygen atoms in total. The van der Waals surface area contributed by atoms with Crippen molar-refractivity contribution >= 4 is 35.4 Å². The first kappa shape index (κ1) is 29.5. The number of aryl methyl sites for hydroxylation is 1. The Morgan fingerprint density at radius 2 is 1.77 bits per heavy atom. The fourth-order valence-electron chi connectivity index (χ4n) is 5.81. The van der Waals surface area contributed by atoms with Crippen molar-refractivity contribution in [2.75, 3.05) is 18.9 Å². The van der Waals surface area contributed by atoms with Crippen LogP contribution in [0.5, 0.6) is 0 Å². The molecule has 0 radical (unpaired) electrons. The molecule has 0 unspecified atom stereocenters. The van der Waals surface area contributed by atoms with Gasteiger partial charge in [-0.1, -0.05) is 42.0 Å². The van der Waals surface area contributed by atoms with Gasteiger partial charge in [0.25, 0.3) is 0 Å². The van der Waals surface area contributed by atoms with Crippen LogP contribution in [-0.4, -0.2) is 46.5 Å². The molecular weight excluding hydrogens is 534 g/mol. The number of aldehydes is 1. The molecule has 0 bridgehead atoms. The van der Waals surface area contributed by atoms with E-state index in [0.29, 0.717) is 13.1 Å². The van der Waals surface area contributed by atoms with Crippen LogP contribution in [-0.2, 0) is 16.1 Å². The number of anilines is 1. The number of nitrogens with zero attached hydrogens (tertiary/aromatic N) is 3. The van der Waals surface area contributed by atoms with Crippen LogP contribution in [0.3, 0.4) is 0 Å². The minimum absolute atomic E-state index is 0.0278. The Morgan fingerprint density at radius 3 is 2.44 bits per heavy atom. The number of hydrogen-bond acceptors (Lipinski definition) is 5. The summed E-state index contributed by atoms with van der Waals surface area (Å²) in [4.78, 5) is 30.7. The largest absolute Gasteiger partial charge is 0.388 e. The predicted octanol–water partition coefficient (Wildman–Crippen LogP) is 5.29. The lowest BCUT2D eigenvalue weighted by atomic mass is 10.0. The van der Waals surface area contributed by atoms with Gasteiger partial charge in [-0.15, -0.1) is 0 Å². The van der Waals surface area contributed by atoms with Gasteiger partial charge in [-0.3, -0.25) is 9.78 Å². The van der Waals surface area contributed by atoms with Crippen molar-refractivity contribution in [2.24, 2.45) is 0 Å². The molecule has 2 N–H and O–H groups in total. The molecule has 7 heteroatoms. The Balaban J connectivity index is 1.83. The van der Waals surface area contributed by atoms with E-state index in [1.807, 2.05) is 55.4 Å². The summed E-state index contributed by atoms with van der Waals surface area (Å²) in [6.45, 7) is 8.93. The third kappa shape index (κ3) is 5.71. The van der Waals surface area contributed by atoms with Crippen LogP contribution >= 0.6 is 0 Å². The quantitative estimate of drug-likeness (QED) is 0.222. The molecule has 0 spiro atoms. The summed E-state index contributed by atoms with van der Waals surface area (Å²) in [7, 11) is 1.85. The molecule has 0 saturated heterocycles. The van der Waals surface area contributed by atoms with E-state index in [0.717, 1.165) is 73.0 Å². The molecule has 5 rings (SSSR count). The number of allylic oxidation sites excluding steroid dienone is 1. The number of carbonyl (C=O) groups is 2. The molecule has 43 heavy (non-hydrogen) atoms. The summed E-state index contributed by atoms with van der Waals surface area (Å²) in [5.74, 6) is -0.0278. The summed E-state index contributed by atoms with van der Waals surface area (Å²) < 4.78 is 2.30. The van der Waals surface area contributed by atoms with Crippen molar-refractivity contribution in [3.63, 3.8) is 0 Å². The van der Waals surface area contributed by atoms with Gasteiger partial charge in [-0.25, -0.2) is 0 Å². The summed E-state index contributed by atoms with van der Waals surface area (Å²) in [5.41, 5.74) is 10.6.